The van der Waals surface area contributed by atoms with Crippen molar-refractivity contribution in [3.63, 3.8) is 0 Å². The number of carbonyl (C=O) groups excluding carboxylic acids is 1. The smallest absolute Gasteiger partial charge is 0.209 e. The number of fused-ring (bicyclic) bond motifs is 2. The first-order valence-corrected chi connectivity index (χ1v) is 3.93. The molecule has 0 unspecified atom stereocenters. The maximum absolute atomic E-state index is 10.6. The van der Waals surface area contributed by atoms with Gasteiger partial charge < -0.3 is 0 Å². The maximum atomic E-state index is 10.6. The molecule has 1 nitrogen and oxygen atoms in total. The summed E-state index contributed by atoms with van der Waals surface area (Å²) in [4.78, 5) is 10.6. The van der Waals surface area contributed by atoms with Gasteiger partial charge in [0.1, 0.15) is 0 Å². The molecule has 0 aromatic carbocycles. The molecule has 0 saturated heterocycles. The van der Waals surface area contributed by atoms with Crippen LogP contribution in [0.5, 0.6) is 0 Å². The third-order valence-electron chi connectivity index (χ3n) is 2.81. The van der Waals surface area contributed by atoms with Gasteiger partial charge in [-0.1, -0.05) is 12.2 Å². The molecule has 1 saturated carbocycles. The summed E-state index contributed by atoms with van der Waals surface area (Å²) >= 11 is 0. The summed E-state index contributed by atoms with van der Waals surface area (Å²) in [5.74, 6) is 0.773. The molecule has 1 radical (unpaired) electrons. The van der Waals surface area contributed by atoms with Gasteiger partial charge in [0.05, 0.1) is 5.41 Å². The Hall–Kier alpha value is -0.590. The van der Waals surface area contributed by atoms with Crippen LogP contribution in [-0.4, -0.2) is 6.29 Å². The van der Waals surface area contributed by atoms with E-state index in [0.717, 1.165) is 18.8 Å². The minimum Gasteiger partial charge on any atom is -0.290 e. The van der Waals surface area contributed by atoms with Crippen molar-refractivity contribution in [2.45, 2.75) is 25.7 Å². The van der Waals surface area contributed by atoms with E-state index in [0.29, 0.717) is 0 Å². The Morgan fingerprint density at radius 3 is 2.40 bits per heavy atom. The second-order valence-corrected chi connectivity index (χ2v) is 3.45. The van der Waals surface area contributed by atoms with Crippen molar-refractivity contribution >= 4 is 6.29 Å². The molecule has 2 bridgehead atoms. The standard InChI is InChI=1S/C9H11O/c10-7-9-4-1-8(2-5-9)3-6-9/h1,4,8H,2-3,5-6H2. The van der Waals surface area contributed by atoms with E-state index in [1.165, 1.54) is 12.8 Å². The normalized spacial score (nSPS) is 43.8. The van der Waals surface area contributed by atoms with Gasteiger partial charge in [0.25, 0.3) is 0 Å². The van der Waals surface area contributed by atoms with Crippen molar-refractivity contribution < 1.29 is 4.79 Å². The molecule has 1 fully saturated rings. The van der Waals surface area contributed by atoms with E-state index >= 15 is 0 Å². The number of hydrogen-bond acceptors (Lipinski definition) is 1. The van der Waals surface area contributed by atoms with Gasteiger partial charge in [-0.3, -0.25) is 4.79 Å². The van der Waals surface area contributed by atoms with E-state index in [4.69, 9.17) is 0 Å². The van der Waals surface area contributed by atoms with E-state index in [-0.39, 0.29) is 5.41 Å². The Kier molecular flexibility index (Phi) is 1.19. The zero-order chi connectivity index (χ0) is 7.03. The first-order chi connectivity index (χ1) is 4.85. The monoisotopic (exact) mass is 135 g/mol. The molecule has 0 aliphatic heterocycles. The molecule has 10 heavy (non-hydrogen) atoms. The third-order valence-corrected chi connectivity index (χ3v) is 2.81. The van der Waals surface area contributed by atoms with Crippen LogP contribution < -0.4 is 0 Å². The van der Waals surface area contributed by atoms with Crippen LogP contribution in [0.25, 0.3) is 0 Å². The predicted octanol–water partition coefficient (Wildman–Crippen LogP) is 1.84. The summed E-state index contributed by atoms with van der Waals surface area (Å²) in [5.41, 5.74) is -0.158. The van der Waals surface area contributed by atoms with E-state index in [1.807, 2.05) is 0 Å². The Balaban J connectivity index is 2.30. The van der Waals surface area contributed by atoms with Crippen molar-refractivity contribution in [1.29, 1.82) is 0 Å². The lowest BCUT2D eigenvalue weighted by Crippen LogP contribution is -2.30. The average molecular weight is 135 g/mol. The lowest BCUT2D eigenvalue weighted by Gasteiger charge is -2.36. The molecule has 0 aromatic rings. The SMILES string of the molecule is O=[C]C12C=CC(CC1)CC2. The van der Waals surface area contributed by atoms with Gasteiger partial charge in [0, 0.05) is 0 Å². The van der Waals surface area contributed by atoms with Gasteiger partial charge in [-0.25, -0.2) is 0 Å². The second kappa shape index (κ2) is 1.94. The van der Waals surface area contributed by atoms with Crippen LogP contribution in [0.4, 0.5) is 0 Å². The van der Waals surface area contributed by atoms with Crippen molar-refractivity contribution in [3.05, 3.63) is 12.2 Å². The molecule has 1 heteroatoms. The molecule has 0 aromatic heterocycles. The molecular formula is C9H11O. The first kappa shape index (κ1) is 6.14. The van der Waals surface area contributed by atoms with Crippen LogP contribution in [0.15, 0.2) is 12.2 Å². The van der Waals surface area contributed by atoms with Crippen LogP contribution in [0.2, 0.25) is 0 Å². The quantitative estimate of drug-likeness (QED) is 0.501. The van der Waals surface area contributed by atoms with Crippen molar-refractivity contribution in [2.24, 2.45) is 11.3 Å². The van der Waals surface area contributed by atoms with Crippen LogP contribution in [-0.2, 0) is 4.79 Å². The largest absolute Gasteiger partial charge is 0.290 e. The Morgan fingerprint density at radius 1 is 1.40 bits per heavy atom. The van der Waals surface area contributed by atoms with Gasteiger partial charge in [0.2, 0.25) is 6.29 Å². The number of hydrogen-bond donors (Lipinski definition) is 0. The fraction of sp³-hybridized carbons (Fsp3) is 0.667. The zero-order valence-corrected chi connectivity index (χ0v) is 5.97. The van der Waals surface area contributed by atoms with Crippen LogP contribution >= 0.6 is 0 Å². The van der Waals surface area contributed by atoms with Crippen LogP contribution in [0, 0.1) is 11.3 Å². The average Bonchev–Trinajstić information content (AvgIpc) is 2.08. The van der Waals surface area contributed by atoms with Gasteiger partial charge in [0.15, 0.2) is 0 Å². The molecule has 53 valence electrons. The molecule has 0 heterocycles. The van der Waals surface area contributed by atoms with Crippen molar-refractivity contribution in [2.75, 3.05) is 0 Å². The van der Waals surface area contributed by atoms with Gasteiger partial charge >= 0.3 is 0 Å². The van der Waals surface area contributed by atoms with Crippen LogP contribution in [0.3, 0.4) is 0 Å². The van der Waals surface area contributed by atoms with E-state index in [2.05, 4.69) is 18.4 Å². The Morgan fingerprint density at radius 2 is 2.10 bits per heavy atom. The molecule has 0 N–H and O–H groups in total. The van der Waals surface area contributed by atoms with Gasteiger partial charge in [-0.2, -0.15) is 0 Å². The van der Waals surface area contributed by atoms with Gasteiger partial charge in [-0.15, -0.1) is 0 Å². The third kappa shape index (κ3) is 0.731. The Labute approximate surface area is 61.1 Å². The lowest BCUT2D eigenvalue weighted by atomic mass is 9.66. The zero-order valence-electron chi connectivity index (χ0n) is 5.97. The highest BCUT2D eigenvalue weighted by molar-refractivity contribution is 5.64. The summed E-state index contributed by atoms with van der Waals surface area (Å²) in [6, 6.07) is 0. The molecule has 0 amide bonds. The summed E-state index contributed by atoms with van der Waals surface area (Å²) in [6.07, 6.45) is 10.9. The molecule has 0 spiro atoms. The molecule has 3 aliphatic carbocycles. The van der Waals surface area contributed by atoms with E-state index < -0.39 is 0 Å². The molecule has 0 atom stereocenters. The summed E-state index contributed by atoms with van der Waals surface area (Å²) < 4.78 is 0. The highest BCUT2D eigenvalue weighted by Crippen LogP contribution is 2.43. The van der Waals surface area contributed by atoms with Crippen molar-refractivity contribution in [1.82, 2.24) is 0 Å². The highest BCUT2D eigenvalue weighted by atomic mass is 16.1. The first-order valence-electron chi connectivity index (χ1n) is 3.93. The lowest BCUT2D eigenvalue weighted by molar-refractivity contribution is 0.267. The number of allylic oxidation sites excluding steroid dienone is 2. The maximum Gasteiger partial charge on any atom is 0.209 e. The fourth-order valence-corrected chi connectivity index (χ4v) is 1.97. The summed E-state index contributed by atoms with van der Waals surface area (Å²) in [5, 5.41) is 0. The predicted molar refractivity (Wildman–Crippen MR) is 39.2 cm³/mol. The fourth-order valence-electron chi connectivity index (χ4n) is 1.97. The highest BCUT2D eigenvalue weighted by Gasteiger charge is 2.36. The van der Waals surface area contributed by atoms with E-state index in [9.17, 15) is 4.79 Å². The van der Waals surface area contributed by atoms with E-state index in [1.54, 1.807) is 0 Å². The van der Waals surface area contributed by atoms with Crippen LogP contribution in [0.1, 0.15) is 25.7 Å². The second-order valence-electron chi connectivity index (χ2n) is 3.45. The van der Waals surface area contributed by atoms with Gasteiger partial charge in [-0.05, 0) is 31.6 Å². The van der Waals surface area contributed by atoms with Crippen molar-refractivity contribution in [3.8, 4) is 0 Å². The minimum absolute atomic E-state index is 0.158. The Bertz CT molecular complexity index is 173. The number of rotatable bonds is 1. The minimum atomic E-state index is -0.158. The topological polar surface area (TPSA) is 17.1 Å². The summed E-state index contributed by atoms with van der Waals surface area (Å²) in [7, 11) is 0. The molecular weight excluding hydrogens is 124 g/mol. The molecule has 3 rings (SSSR count). The summed E-state index contributed by atoms with van der Waals surface area (Å²) in [6.45, 7) is 0. The molecule has 3 aliphatic rings.